The molecule has 7 nitrogen and oxygen atoms in total. The lowest BCUT2D eigenvalue weighted by atomic mass is 10.2. The number of ether oxygens (including phenoxy) is 1. The maximum absolute atomic E-state index is 11.9. The van der Waals surface area contributed by atoms with Crippen LogP contribution in [0, 0.1) is 6.92 Å². The van der Waals surface area contributed by atoms with Gasteiger partial charge in [-0.25, -0.2) is 0 Å². The van der Waals surface area contributed by atoms with Gasteiger partial charge in [-0.05, 0) is 36.1 Å². The van der Waals surface area contributed by atoms with E-state index >= 15 is 0 Å². The number of hydrogen-bond donors (Lipinski definition) is 3. The second-order valence-corrected chi connectivity index (χ2v) is 6.51. The van der Waals surface area contributed by atoms with Gasteiger partial charge in [-0.15, -0.1) is 11.3 Å². The molecular formula is C18H21N3O4S. The standard InChI is InChI=1S/C18H21N3O4S/c1-12-3-2-4-13(11-12)25-9-8-20-15(22)5-6-16(23)21-18-14(17(19)24)7-10-26-18/h2-4,7,10-11H,5-6,8-9H2,1H3,(H2,19,24)(H,20,22)(H,21,23). The maximum Gasteiger partial charge on any atom is 0.251 e. The number of hydrogen-bond acceptors (Lipinski definition) is 5. The first-order chi connectivity index (χ1) is 12.5. The Morgan fingerprint density at radius 3 is 2.65 bits per heavy atom. The molecule has 3 amide bonds. The molecule has 0 saturated heterocycles. The fourth-order valence-corrected chi connectivity index (χ4v) is 2.98. The van der Waals surface area contributed by atoms with Gasteiger partial charge in [0.25, 0.3) is 5.91 Å². The minimum atomic E-state index is -0.604. The summed E-state index contributed by atoms with van der Waals surface area (Å²) in [6.07, 6.45) is 0.0637. The Balaban J connectivity index is 1.64. The molecule has 0 fully saturated rings. The highest BCUT2D eigenvalue weighted by molar-refractivity contribution is 7.14. The molecule has 0 aliphatic carbocycles. The van der Waals surface area contributed by atoms with Gasteiger partial charge in [0.15, 0.2) is 0 Å². The smallest absolute Gasteiger partial charge is 0.251 e. The van der Waals surface area contributed by atoms with Crippen LogP contribution in [0.25, 0.3) is 0 Å². The van der Waals surface area contributed by atoms with Crippen molar-refractivity contribution in [2.75, 3.05) is 18.5 Å². The van der Waals surface area contributed by atoms with E-state index in [1.54, 1.807) is 11.4 Å². The molecule has 1 aromatic heterocycles. The highest BCUT2D eigenvalue weighted by atomic mass is 32.1. The van der Waals surface area contributed by atoms with Gasteiger partial charge in [0.2, 0.25) is 11.8 Å². The summed E-state index contributed by atoms with van der Waals surface area (Å²) in [5.41, 5.74) is 6.58. The first kappa shape index (κ1) is 19.5. The van der Waals surface area contributed by atoms with Gasteiger partial charge in [-0.3, -0.25) is 14.4 Å². The van der Waals surface area contributed by atoms with Crippen LogP contribution < -0.4 is 21.1 Å². The van der Waals surface area contributed by atoms with E-state index in [9.17, 15) is 14.4 Å². The Morgan fingerprint density at radius 1 is 1.15 bits per heavy atom. The molecule has 0 atom stereocenters. The van der Waals surface area contributed by atoms with Crippen molar-refractivity contribution in [3.05, 3.63) is 46.8 Å². The van der Waals surface area contributed by atoms with Gasteiger partial charge < -0.3 is 21.1 Å². The predicted molar refractivity (Wildman–Crippen MR) is 100 cm³/mol. The zero-order valence-corrected chi connectivity index (χ0v) is 15.2. The van der Waals surface area contributed by atoms with Crippen molar-refractivity contribution in [1.29, 1.82) is 0 Å². The number of carbonyl (C=O) groups excluding carboxylic acids is 3. The summed E-state index contributed by atoms with van der Waals surface area (Å²) in [6, 6.07) is 9.19. The van der Waals surface area contributed by atoms with Crippen LogP contribution in [0.4, 0.5) is 5.00 Å². The quantitative estimate of drug-likeness (QED) is 0.583. The van der Waals surface area contributed by atoms with Crippen molar-refractivity contribution in [3.63, 3.8) is 0 Å². The lowest BCUT2D eigenvalue weighted by molar-refractivity contribution is -0.124. The molecule has 138 valence electrons. The van der Waals surface area contributed by atoms with E-state index in [1.165, 1.54) is 11.3 Å². The summed E-state index contributed by atoms with van der Waals surface area (Å²) in [4.78, 5) is 34.8. The Hall–Kier alpha value is -2.87. The summed E-state index contributed by atoms with van der Waals surface area (Å²) >= 11 is 1.21. The summed E-state index contributed by atoms with van der Waals surface area (Å²) in [6.45, 7) is 2.67. The number of nitrogens with two attached hydrogens (primary N) is 1. The Kier molecular flexibility index (Phi) is 7.16. The van der Waals surface area contributed by atoms with Crippen molar-refractivity contribution < 1.29 is 19.1 Å². The number of anilines is 1. The molecule has 0 aliphatic rings. The summed E-state index contributed by atoms with van der Waals surface area (Å²) in [5.74, 6) is -0.442. The molecule has 0 aliphatic heterocycles. The molecule has 2 aromatic rings. The number of nitrogens with one attached hydrogen (secondary N) is 2. The number of rotatable bonds is 9. The number of primary amides is 1. The number of aryl methyl sites for hydroxylation is 1. The molecule has 1 heterocycles. The van der Waals surface area contributed by atoms with E-state index in [0.717, 1.165) is 11.3 Å². The third-order valence-electron chi connectivity index (χ3n) is 3.45. The van der Waals surface area contributed by atoms with E-state index in [2.05, 4.69) is 10.6 Å². The molecule has 0 spiro atoms. The maximum atomic E-state index is 11.9. The topological polar surface area (TPSA) is 111 Å². The van der Waals surface area contributed by atoms with E-state index < -0.39 is 5.91 Å². The second-order valence-electron chi connectivity index (χ2n) is 5.59. The van der Waals surface area contributed by atoms with Crippen LogP contribution in [-0.2, 0) is 9.59 Å². The van der Waals surface area contributed by atoms with Crippen LogP contribution in [-0.4, -0.2) is 30.9 Å². The van der Waals surface area contributed by atoms with Crippen LogP contribution in [0.15, 0.2) is 35.7 Å². The van der Waals surface area contributed by atoms with Crippen molar-refractivity contribution >= 4 is 34.1 Å². The van der Waals surface area contributed by atoms with Crippen LogP contribution in [0.2, 0.25) is 0 Å². The van der Waals surface area contributed by atoms with Gasteiger partial charge >= 0.3 is 0 Å². The van der Waals surface area contributed by atoms with Gasteiger partial charge in [0, 0.05) is 12.8 Å². The lowest BCUT2D eigenvalue weighted by Crippen LogP contribution is -2.29. The van der Waals surface area contributed by atoms with Crippen LogP contribution in [0.5, 0.6) is 5.75 Å². The molecular weight excluding hydrogens is 354 g/mol. The lowest BCUT2D eigenvalue weighted by Gasteiger charge is -2.08. The van der Waals surface area contributed by atoms with Crippen LogP contribution in [0.1, 0.15) is 28.8 Å². The predicted octanol–water partition coefficient (Wildman–Crippen LogP) is 2.07. The molecule has 0 unspecified atom stereocenters. The fourth-order valence-electron chi connectivity index (χ4n) is 2.17. The fraction of sp³-hybridized carbons (Fsp3) is 0.278. The number of benzene rings is 1. The van der Waals surface area contributed by atoms with Crippen molar-refractivity contribution in [2.45, 2.75) is 19.8 Å². The van der Waals surface area contributed by atoms with Crippen molar-refractivity contribution in [2.24, 2.45) is 5.73 Å². The first-order valence-electron chi connectivity index (χ1n) is 8.09. The first-order valence-corrected chi connectivity index (χ1v) is 8.97. The second kappa shape index (κ2) is 9.57. The molecule has 0 saturated carbocycles. The minimum Gasteiger partial charge on any atom is -0.492 e. The largest absolute Gasteiger partial charge is 0.492 e. The molecule has 26 heavy (non-hydrogen) atoms. The van der Waals surface area contributed by atoms with E-state index in [0.29, 0.717) is 18.2 Å². The van der Waals surface area contributed by atoms with Crippen LogP contribution in [0.3, 0.4) is 0 Å². The number of carbonyl (C=O) groups is 3. The Labute approximate surface area is 155 Å². The van der Waals surface area contributed by atoms with Gasteiger partial charge in [-0.1, -0.05) is 12.1 Å². The third kappa shape index (κ3) is 6.21. The van der Waals surface area contributed by atoms with E-state index in [-0.39, 0.29) is 30.2 Å². The molecule has 4 N–H and O–H groups in total. The highest BCUT2D eigenvalue weighted by Crippen LogP contribution is 2.22. The van der Waals surface area contributed by atoms with E-state index in [1.807, 2.05) is 31.2 Å². The van der Waals surface area contributed by atoms with Crippen LogP contribution >= 0.6 is 11.3 Å². The summed E-state index contributed by atoms with van der Waals surface area (Å²) in [7, 11) is 0. The van der Waals surface area contributed by atoms with Crippen molar-refractivity contribution in [3.8, 4) is 5.75 Å². The summed E-state index contributed by atoms with van der Waals surface area (Å²) in [5, 5.41) is 7.35. The van der Waals surface area contributed by atoms with Crippen molar-refractivity contribution in [1.82, 2.24) is 5.32 Å². The Morgan fingerprint density at radius 2 is 1.92 bits per heavy atom. The molecule has 8 heteroatoms. The zero-order valence-electron chi connectivity index (χ0n) is 14.4. The highest BCUT2D eigenvalue weighted by Gasteiger charge is 2.13. The SMILES string of the molecule is Cc1cccc(OCCNC(=O)CCC(=O)Nc2sccc2C(N)=O)c1. The van der Waals surface area contributed by atoms with E-state index in [4.69, 9.17) is 10.5 Å². The average molecular weight is 375 g/mol. The molecule has 2 rings (SSSR count). The number of amides is 3. The molecule has 1 aromatic carbocycles. The van der Waals surface area contributed by atoms with Gasteiger partial charge in [0.05, 0.1) is 12.1 Å². The third-order valence-corrected chi connectivity index (χ3v) is 4.28. The number of thiophene rings is 1. The van der Waals surface area contributed by atoms with Gasteiger partial charge in [-0.2, -0.15) is 0 Å². The molecule has 0 radical (unpaired) electrons. The Bertz CT molecular complexity index is 788. The monoisotopic (exact) mass is 375 g/mol. The summed E-state index contributed by atoms with van der Waals surface area (Å²) < 4.78 is 5.53. The zero-order chi connectivity index (χ0) is 18.9. The molecule has 0 bridgehead atoms. The average Bonchev–Trinajstić information content (AvgIpc) is 3.05. The van der Waals surface area contributed by atoms with Gasteiger partial charge in [0.1, 0.15) is 17.4 Å². The minimum absolute atomic E-state index is 0.0146. The normalized spacial score (nSPS) is 10.2.